The van der Waals surface area contributed by atoms with Crippen LogP contribution in [0.15, 0.2) is 6.89 Å². The van der Waals surface area contributed by atoms with E-state index < -0.39 is 27.4 Å². The number of halogens is 6. The molecule has 0 unspecified atom stereocenters. The maximum atomic E-state index is 5.38. The van der Waals surface area contributed by atoms with E-state index in [2.05, 4.69) is 6.89 Å². The van der Waals surface area contributed by atoms with Crippen LogP contribution in [0, 0.1) is 0 Å². The van der Waals surface area contributed by atoms with E-state index in [-0.39, 0.29) is 0 Å². The van der Waals surface area contributed by atoms with Crippen LogP contribution in [0.2, 0.25) is 0 Å². The van der Waals surface area contributed by atoms with Gasteiger partial charge in [0, 0.05) is 0 Å². The Labute approximate surface area is 87.8 Å². The first-order valence-electron chi connectivity index (χ1n) is 1.61. The second-order valence-electron chi connectivity index (χ2n) is 1.02. The van der Waals surface area contributed by atoms with Gasteiger partial charge < -0.3 is 0 Å². The Kier molecular flexibility index (Phi) is 6.27. The van der Waals surface area contributed by atoms with Gasteiger partial charge in [0.15, 0.2) is 0 Å². The Hall–Kier alpha value is 2.82. The van der Waals surface area contributed by atoms with Crippen molar-refractivity contribution in [2.45, 2.75) is 0 Å². The molecular weight excluding hydrogens is 603 g/mol. The molecule has 0 atom stereocenters. The standard InChI is InChI=1S/6ClH.N2.2Ta/c;;;;;;1-2;;/h6*1H;;;/q;;;;;;;2*+3/p-6. The third-order valence-corrected chi connectivity index (χ3v) is 7.66. The van der Waals surface area contributed by atoms with Gasteiger partial charge >= 0.3 is 89.4 Å². The Morgan fingerprint density at radius 3 is 0.900 bits per heavy atom. The molecule has 0 aliphatic carbocycles. The van der Waals surface area contributed by atoms with Gasteiger partial charge in [0.1, 0.15) is 0 Å². The maximum absolute atomic E-state index is 5.38. The van der Waals surface area contributed by atoms with Crippen molar-refractivity contribution in [3.8, 4) is 0 Å². The van der Waals surface area contributed by atoms with E-state index in [1.807, 2.05) is 0 Å². The van der Waals surface area contributed by atoms with Gasteiger partial charge in [0.25, 0.3) is 0 Å². The average Bonchev–Trinajstić information content (AvgIpc) is 1.57. The van der Waals surface area contributed by atoms with Crippen LogP contribution in [0.1, 0.15) is 0 Å². The molecule has 62 valence electrons. The van der Waals surface area contributed by atoms with Crippen LogP contribution in [-0.2, 0) is 27.4 Å². The van der Waals surface area contributed by atoms with Gasteiger partial charge in [0.2, 0.25) is 0 Å². The molecule has 0 aromatic heterocycles. The fourth-order valence-corrected chi connectivity index (χ4v) is 18.2. The van der Waals surface area contributed by atoms with Crippen molar-refractivity contribution in [2.24, 2.45) is 6.89 Å². The van der Waals surface area contributed by atoms with Gasteiger partial charge in [-0.05, 0) is 0 Å². The summed E-state index contributed by atoms with van der Waals surface area (Å²) < 4.78 is 6.73. The first-order chi connectivity index (χ1) is 4.21. The van der Waals surface area contributed by atoms with E-state index in [1.54, 1.807) is 0 Å². The zero-order valence-corrected chi connectivity index (χ0v) is 15.0. The van der Waals surface area contributed by atoms with Crippen LogP contribution in [0.25, 0.3) is 0 Å². The van der Waals surface area contributed by atoms with Gasteiger partial charge in [-0.2, -0.15) is 0 Å². The third-order valence-electron chi connectivity index (χ3n) is 0.243. The minimum atomic E-state index is -3.79. The van der Waals surface area contributed by atoms with Gasteiger partial charge in [-0.25, -0.2) is 0 Å². The molecule has 0 spiro atoms. The van der Waals surface area contributed by atoms with Crippen molar-refractivity contribution in [1.29, 1.82) is 0 Å². The topological polar surface area (TPSA) is 24.7 Å². The van der Waals surface area contributed by atoms with Gasteiger partial charge in [-0.15, -0.1) is 0 Å². The van der Waals surface area contributed by atoms with Crippen molar-refractivity contribution in [2.75, 3.05) is 0 Å². The molecular formula is Cl6N2Ta2. The molecule has 0 rings (SSSR count). The van der Waals surface area contributed by atoms with Crippen LogP contribution in [0.5, 0.6) is 0 Å². The van der Waals surface area contributed by atoms with Crippen molar-refractivity contribution in [3.63, 3.8) is 0 Å². The molecule has 0 fully saturated rings. The predicted octanol–water partition coefficient (Wildman–Crippen LogP) is 4.50. The summed E-state index contributed by atoms with van der Waals surface area (Å²) in [5, 5.41) is 0. The summed E-state index contributed by atoms with van der Waals surface area (Å²) in [4.78, 5) is 0. The van der Waals surface area contributed by atoms with Gasteiger partial charge in [-0.3, -0.25) is 0 Å². The molecule has 0 aromatic carbocycles. The minimum absolute atomic E-state index is 3.36. The van der Waals surface area contributed by atoms with Crippen molar-refractivity contribution < 1.29 is 27.4 Å². The SMILES string of the molecule is [Cl][Ta]([Cl])([Cl])=[N][N]=[Ta]([Cl])([Cl])[Cl]. The van der Waals surface area contributed by atoms with Crippen molar-refractivity contribution in [3.05, 3.63) is 0 Å². The van der Waals surface area contributed by atoms with E-state index in [0.717, 1.165) is 0 Å². The van der Waals surface area contributed by atoms with E-state index in [4.69, 9.17) is 55.1 Å². The zero-order valence-electron chi connectivity index (χ0n) is 4.06. The Bertz CT molecular complexity index is 165. The van der Waals surface area contributed by atoms with Crippen LogP contribution in [0.3, 0.4) is 0 Å². The van der Waals surface area contributed by atoms with E-state index in [1.165, 1.54) is 0 Å². The van der Waals surface area contributed by atoms with Crippen LogP contribution in [0.4, 0.5) is 0 Å². The first-order valence-corrected chi connectivity index (χ1v) is 28.4. The molecule has 0 radical (unpaired) electrons. The molecule has 0 bridgehead atoms. The van der Waals surface area contributed by atoms with Gasteiger partial charge in [-0.1, -0.05) is 0 Å². The molecule has 0 saturated carbocycles. The molecule has 0 heterocycles. The quantitative estimate of drug-likeness (QED) is 0.395. The molecule has 10 heteroatoms. The second kappa shape index (κ2) is 4.89. The predicted molar refractivity (Wildman–Crippen MR) is 40.0 cm³/mol. The summed E-state index contributed by atoms with van der Waals surface area (Å²) >= 11 is -7.58. The summed E-state index contributed by atoms with van der Waals surface area (Å²) in [5.41, 5.74) is 0. The Morgan fingerprint density at radius 2 is 0.800 bits per heavy atom. The number of hydrogen-bond donors (Lipinski definition) is 0. The summed E-state index contributed by atoms with van der Waals surface area (Å²) in [6.45, 7) is 0. The van der Waals surface area contributed by atoms with Crippen LogP contribution >= 0.6 is 55.1 Å². The van der Waals surface area contributed by atoms with Crippen LogP contribution in [-0.4, -0.2) is 0 Å². The summed E-state index contributed by atoms with van der Waals surface area (Å²) in [6, 6.07) is 0. The molecule has 0 aromatic rings. The number of hydrogen-bond acceptors (Lipinski definition) is 2. The van der Waals surface area contributed by atoms with Gasteiger partial charge in [0.05, 0.1) is 0 Å². The summed E-state index contributed by atoms with van der Waals surface area (Å²) in [5.74, 6) is 0. The summed E-state index contributed by atoms with van der Waals surface area (Å²) in [6.07, 6.45) is 0. The van der Waals surface area contributed by atoms with E-state index in [9.17, 15) is 0 Å². The Balaban J connectivity index is 4.52. The van der Waals surface area contributed by atoms with Crippen molar-refractivity contribution in [1.82, 2.24) is 0 Å². The number of nitrogens with zero attached hydrogens (tertiary/aromatic N) is 2. The average molecular weight is 603 g/mol. The van der Waals surface area contributed by atoms with E-state index in [0.29, 0.717) is 0 Å². The zero-order chi connectivity index (χ0) is 8.41. The molecule has 2 nitrogen and oxygen atoms in total. The number of rotatable bonds is 1. The first kappa shape index (κ1) is 12.8. The molecule has 0 N–H and O–H groups in total. The fourth-order valence-electron chi connectivity index (χ4n) is 0.0907. The van der Waals surface area contributed by atoms with E-state index >= 15 is 0 Å². The molecule has 0 amide bonds. The third kappa shape index (κ3) is 10.8. The molecule has 10 heavy (non-hydrogen) atoms. The van der Waals surface area contributed by atoms with Crippen molar-refractivity contribution >= 4 is 55.1 Å². The normalized spacial score (nSPS) is 13.0. The Morgan fingerprint density at radius 1 is 0.600 bits per heavy atom. The molecule has 0 aliphatic rings. The summed E-state index contributed by atoms with van der Waals surface area (Å²) in [7, 11) is 32.3. The fraction of sp³-hybridized carbons (Fsp3) is 0. The monoisotopic (exact) mass is 600 g/mol. The second-order valence-corrected chi connectivity index (χ2v) is 40.8. The van der Waals surface area contributed by atoms with Crippen LogP contribution < -0.4 is 0 Å². The molecule has 0 aliphatic heterocycles. The molecule has 0 saturated heterocycles.